The summed E-state index contributed by atoms with van der Waals surface area (Å²) in [5.41, 5.74) is 2.29. The number of nitrogens with one attached hydrogen (secondary N) is 1. The van der Waals surface area contributed by atoms with Crippen LogP contribution in [-0.4, -0.2) is 42.9 Å². The monoisotopic (exact) mass is 394 g/mol. The number of amides is 2. The number of urea groups is 1. The number of piperazine rings is 1. The molecule has 150 valence electrons. The summed E-state index contributed by atoms with van der Waals surface area (Å²) in [5, 5.41) is 11.8. The number of hydrogen-bond donors (Lipinski definition) is 1. The lowest BCUT2D eigenvalue weighted by atomic mass is 10.1. The number of nitriles is 1. The maximum absolute atomic E-state index is 14.4. The van der Waals surface area contributed by atoms with E-state index in [1.54, 1.807) is 29.2 Å². The minimum atomic E-state index is -0.426. The highest BCUT2D eigenvalue weighted by Crippen LogP contribution is 2.22. The fourth-order valence-corrected chi connectivity index (χ4v) is 3.34. The van der Waals surface area contributed by atoms with Crippen molar-refractivity contribution >= 4 is 17.5 Å². The highest BCUT2D eigenvalue weighted by molar-refractivity contribution is 5.94. The molecule has 0 bridgehead atoms. The molecule has 2 amide bonds. The molecule has 1 atom stereocenters. The van der Waals surface area contributed by atoms with Gasteiger partial charge in [-0.15, -0.1) is 0 Å². The Morgan fingerprint density at radius 3 is 2.31 bits per heavy atom. The molecule has 1 aliphatic heterocycles. The van der Waals surface area contributed by atoms with Crippen molar-refractivity contribution in [2.75, 3.05) is 31.1 Å². The number of halogens is 1. The van der Waals surface area contributed by atoms with Gasteiger partial charge in [0.05, 0.1) is 23.4 Å². The molecule has 2 aromatic carbocycles. The zero-order chi connectivity index (χ0) is 21.0. The smallest absolute Gasteiger partial charge is 0.317 e. The number of anilines is 1. The molecular formula is C22H23FN4O2. The average Bonchev–Trinajstić information content (AvgIpc) is 2.73. The fraction of sp³-hybridized carbons (Fsp3) is 0.318. The molecule has 3 rings (SSSR count). The third kappa shape index (κ3) is 4.72. The van der Waals surface area contributed by atoms with E-state index in [0.717, 1.165) is 5.56 Å². The van der Waals surface area contributed by atoms with Crippen LogP contribution in [0.2, 0.25) is 0 Å². The van der Waals surface area contributed by atoms with E-state index in [0.29, 0.717) is 43.0 Å². The number of rotatable bonds is 4. The molecule has 2 aromatic rings. The second kappa shape index (κ2) is 8.74. The molecule has 1 aliphatic rings. The standard InChI is InChI=1S/C22H23FN4O2/c1-15(18-5-3-17(14-24)4-6-18)25-22(29)27-11-9-26(10-12-27)21-8-7-19(16(2)28)13-20(21)23/h3-8,13,15H,9-12H2,1-2H3,(H,25,29). The molecule has 1 N–H and O–H groups in total. The van der Waals surface area contributed by atoms with Gasteiger partial charge in [-0.2, -0.15) is 5.26 Å². The van der Waals surface area contributed by atoms with Crippen LogP contribution in [0.3, 0.4) is 0 Å². The molecule has 0 saturated carbocycles. The summed E-state index contributed by atoms with van der Waals surface area (Å²) < 4.78 is 14.4. The Labute approximate surface area is 169 Å². The van der Waals surface area contributed by atoms with Crippen LogP contribution in [0.5, 0.6) is 0 Å². The lowest BCUT2D eigenvalue weighted by Crippen LogP contribution is -2.52. The SMILES string of the molecule is CC(=O)c1ccc(N2CCN(C(=O)NC(C)c3ccc(C#N)cc3)CC2)c(F)c1. The fourth-order valence-electron chi connectivity index (χ4n) is 3.34. The van der Waals surface area contributed by atoms with E-state index in [1.807, 2.05) is 24.0 Å². The Hall–Kier alpha value is -3.40. The molecule has 7 heteroatoms. The third-order valence-corrected chi connectivity index (χ3v) is 5.14. The number of benzene rings is 2. The molecule has 29 heavy (non-hydrogen) atoms. The van der Waals surface area contributed by atoms with Crippen molar-refractivity contribution < 1.29 is 14.0 Å². The normalized spacial score (nSPS) is 14.8. The second-order valence-corrected chi connectivity index (χ2v) is 7.10. The molecular weight excluding hydrogens is 371 g/mol. The zero-order valence-corrected chi connectivity index (χ0v) is 16.5. The maximum atomic E-state index is 14.4. The topological polar surface area (TPSA) is 76.4 Å². The van der Waals surface area contributed by atoms with Gasteiger partial charge in [0, 0.05) is 31.7 Å². The Kier molecular flexibility index (Phi) is 6.13. The average molecular weight is 394 g/mol. The van der Waals surface area contributed by atoms with Crippen LogP contribution >= 0.6 is 0 Å². The summed E-state index contributed by atoms with van der Waals surface area (Å²) in [6.45, 7) is 5.26. The van der Waals surface area contributed by atoms with Crippen molar-refractivity contribution in [3.8, 4) is 6.07 Å². The van der Waals surface area contributed by atoms with Gasteiger partial charge in [0.15, 0.2) is 5.78 Å². The van der Waals surface area contributed by atoms with Gasteiger partial charge in [-0.25, -0.2) is 9.18 Å². The van der Waals surface area contributed by atoms with E-state index in [-0.39, 0.29) is 17.9 Å². The van der Waals surface area contributed by atoms with E-state index >= 15 is 0 Å². The van der Waals surface area contributed by atoms with Crippen molar-refractivity contribution in [1.29, 1.82) is 5.26 Å². The van der Waals surface area contributed by atoms with Gasteiger partial charge >= 0.3 is 6.03 Å². The third-order valence-electron chi connectivity index (χ3n) is 5.14. The predicted octanol–water partition coefficient (Wildman–Crippen LogP) is 3.49. The summed E-state index contributed by atoms with van der Waals surface area (Å²) in [6.07, 6.45) is 0. The van der Waals surface area contributed by atoms with E-state index in [1.165, 1.54) is 13.0 Å². The van der Waals surface area contributed by atoms with Crippen LogP contribution in [0.15, 0.2) is 42.5 Å². The lowest BCUT2D eigenvalue weighted by molar-refractivity contribution is 0.101. The van der Waals surface area contributed by atoms with E-state index in [2.05, 4.69) is 11.4 Å². The molecule has 1 fully saturated rings. The predicted molar refractivity (Wildman–Crippen MR) is 108 cm³/mol. The van der Waals surface area contributed by atoms with Crippen LogP contribution in [0.1, 0.15) is 41.4 Å². The van der Waals surface area contributed by atoms with Gasteiger partial charge in [0.25, 0.3) is 0 Å². The van der Waals surface area contributed by atoms with Gasteiger partial charge in [-0.3, -0.25) is 4.79 Å². The summed E-state index contributed by atoms with van der Waals surface area (Å²) in [4.78, 5) is 27.5. The number of hydrogen-bond acceptors (Lipinski definition) is 4. The molecule has 1 saturated heterocycles. The Balaban J connectivity index is 1.56. The maximum Gasteiger partial charge on any atom is 0.317 e. The summed E-state index contributed by atoms with van der Waals surface area (Å²) in [5.74, 6) is -0.599. The summed E-state index contributed by atoms with van der Waals surface area (Å²) in [7, 11) is 0. The highest BCUT2D eigenvalue weighted by atomic mass is 19.1. The Morgan fingerprint density at radius 2 is 1.76 bits per heavy atom. The van der Waals surface area contributed by atoms with Crippen molar-refractivity contribution in [1.82, 2.24) is 10.2 Å². The largest absolute Gasteiger partial charge is 0.366 e. The molecule has 0 radical (unpaired) electrons. The molecule has 0 aromatic heterocycles. The first-order valence-corrected chi connectivity index (χ1v) is 9.50. The lowest BCUT2D eigenvalue weighted by Gasteiger charge is -2.36. The highest BCUT2D eigenvalue weighted by Gasteiger charge is 2.24. The van der Waals surface area contributed by atoms with Crippen LogP contribution in [0, 0.1) is 17.1 Å². The minimum Gasteiger partial charge on any atom is -0.366 e. The van der Waals surface area contributed by atoms with Gasteiger partial charge in [0.2, 0.25) is 0 Å². The molecule has 1 unspecified atom stereocenters. The van der Waals surface area contributed by atoms with Gasteiger partial charge in [0.1, 0.15) is 5.82 Å². The van der Waals surface area contributed by atoms with Crippen molar-refractivity contribution in [3.05, 3.63) is 65.0 Å². The second-order valence-electron chi connectivity index (χ2n) is 7.10. The van der Waals surface area contributed by atoms with Gasteiger partial charge < -0.3 is 15.1 Å². The van der Waals surface area contributed by atoms with Crippen molar-refractivity contribution in [2.24, 2.45) is 0 Å². The molecule has 0 spiro atoms. The minimum absolute atomic E-state index is 0.172. The van der Waals surface area contributed by atoms with Crippen LogP contribution in [0.4, 0.5) is 14.9 Å². The number of carbonyl (C=O) groups is 2. The number of nitrogens with zero attached hydrogens (tertiary/aromatic N) is 3. The first-order valence-electron chi connectivity index (χ1n) is 9.50. The van der Waals surface area contributed by atoms with Crippen molar-refractivity contribution in [3.63, 3.8) is 0 Å². The van der Waals surface area contributed by atoms with E-state index in [9.17, 15) is 14.0 Å². The van der Waals surface area contributed by atoms with Gasteiger partial charge in [-0.1, -0.05) is 12.1 Å². The Morgan fingerprint density at radius 1 is 1.10 bits per heavy atom. The quantitative estimate of drug-likeness (QED) is 0.806. The number of carbonyl (C=O) groups excluding carboxylic acids is 2. The van der Waals surface area contributed by atoms with Crippen molar-refractivity contribution in [2.45, 2.75) is 19.9 Å². The van der Waals surface area contributed by atoms with Crippen LogP contribution < -0.4 is 10.2 Å². The first kappa shape index (κ1) is 20.3. The van der Waals surface area contributed by atoms with E-state index < -0.39 is 5.82 Å². The summed E-state index contributed by atoms with van der Waals surface area (Å²) >= 11 is 0. The zero-order valence-electron chi connectivity index (χ0n) is 16.5. The van der Waals surface area contributed by atoms with Crippen LogP contribution in [-0.2, 0) is 0 Å². The summed E-state index contributed by atoms with van der Waals surface area (Å²) in [6, 6.07) is 13.3. The first-order chi connectivity index (χ1) is 13.9. The van der Waals surface area contributed by atoms with Gasteiger partial charge in [-0.05, 0) is 49.7 Å². The number of Topliss-reactive ketones (excluding diaryl/α,β-unsaturated/α-hetero) is 1. The van der Waals surface area contributed by atoms with Crippen LogP contribution in [0.25, 0.3) is 0 Å². The molecule has 6 nitrogen and oxygen atoms in total. The van der Waals surface area contributed by atoms with E-state index in [4.69, 9.17) is 5.26 Å². The molecule has 1 heterocycles. The Bertz CT molecular complexity index is 944. The number of ketones is 1. The molecule has 0 aliphatic carbocycles.